The third kappa shape index (κ3) is 9.79. The van der Waals surface area contributed by atoms with E-state index in [1.165, 1.54) is 24.1 Å². The molecule has 3 rings (SSSR count). The minimum Gasteiger partial charge on any atom is -0.497 e. The largest absolute Gasteiger partial charge is 0.497 e. The normalized spacial score (nSPS) is 13.1. The lowest BCUT2D eigenvalue weighted by molar-refractivity contribution is -0.384. The van der Waals surface area contributed by atoms with Gasteiger partial charge in [0, 0.05) is 31.8 Å². The van der Waals surface area contributed by atoms with Gasteiger partial charge in [0.2, 0.25) is 20.0 Å². The summed E-state index contributed by atoms with van der Waals surface area (Å²) in [4.78, 5) is 37.1. The Morgan fingerprint density at radius 3 is 1.59 bits per heavy atom. The molecule has 46 heavy (non-hydrogen) atoms. The van der Waals surface area contributed by atoms with Crippen molar-refractivity contribution in [3.05, 3.63) is 94.0 Å². The number of non-ortho nitro benzene ring substituents is 1. The fourth-order valence-corrected chi connectivity index (χ4v) is 6.64. The zero-order chi connectivity index (χ0) is 34.1. The summed E-state index contributed by atoms with van der Waals surface area (Å²) in [5.41, 5.74) is 1.13. The summed E-state index contributed by atoms with van der Waals surface area (Å²) < 4.78 is 72.4. The molecular formula is C29H34N4O11S2. The number of esters is 2. The molecule has 0 saturated carbocycles. The molecule has 0 saturated heterocycles. The molecule has 0 amide bonds. The van der Waals surface area contributed by atoms with E-state index in [1.54, 1.807) is 43.3 Å². The van der Waals surface area contributed by atoms with Gasteiger partial charge >= 0.3 is 11.9 Å². The highest BCUT2D eigenvalue weighted by Gasteiger charge is 2.33. The van der Waals surface area contributed by atoms with Crippen molar-refractivity contribution in [3.63, 3.8) is 0 Å². The standard InChI is InChI=1S/C29H34N4O11S2/c1-20-5-13-24(14-6-20)45(38,39)30-26(28(34)43-3)18-32(17-21-7-11-23(42-2)12-8-21)19-27(29(35)44-4)31-46(40,41)25-15-9-22(10-16-25)33(36)37/h5-16,26-27,30-31H,17-19H2,1-4H3/t26-,27-/m0/s1. The molecule has 0 heterocycles. The van der Waals surface area contributed by atoms with E-state index in [0.717, 1.165) is 44.0 Å². The molecule has 248 valence electrons. The van der Waals surface area contributed by atoms with Crippen LogP contribution >= 0.6 is 0 Å². The van der Waals surface area contributed by atoms with Gasteiger partial charge in [-0.15, -0.1) is 0 Å². The lowest BCUT2D eigenvalue weighted by Gasteiger charge is -2.29. The second-order valence-corrected chi connectivity index (χ2v) is 13.4. The van der Waals surface area contributed by atoms with Crippen LogP contribution < -0.4 is 14.2 Å². The first-order valence-corrected chi connectivity index (χ1v) is 16.5. The Morgan fingerprint density at radius 1 is 0.761 bits per heavy atom. The lowest BCUT2D eigenvalue weighted by Crippen LogP contribution is -2.53. The number of methoxy groups -OCH3 is 3. The number of nitrogens with zero attached hydrogens (tertiary/aromatic N) is 2. The van der Waals surface area contributed by atoms with Gasteiger partial charge in [0.25, 0.3) is 5.69 Å². The summed E-state index contributed by atoms with van der Waals surface area (Å²) in [5, 5.41) is 11.0. The van der Waals surface area contributed by atoms with Crippen molar-refractivity contribution in [2.45, 2.75) is 35.3 Å². The second kappa shape index (κ2) is 15.7. The number of ether oxygens (including phenoxy) is 3. The van der Waals surface area contributed by atoms with Crippen molar-refractivity contribution in [1.82, 2.24) is 14.3 Å². The quantitative estimate of drug-likeness (QED) is 0.127. The first-order chi connectivity index (χ1) is 21.7. The van der Waals surface area contributed by atoms with Crippen molar-refractivity contribution in [2.24, 2.45) is 0 Å². The molecule has 0 aliphatic rings. The minimum atomic E-state index is -4.42. The van der Waals surface area contributed by atoms with E-state index in [1.807, 2.05) is 0 Å². The third-order valence-electron chi connectivity index (χ3n) is 6.70. The number of nitro benzene ring substituents is 1. The summed E-state index contributed by atoms with van der Waals surface area (Å²) in [6, 6.07) is 13.6. The molecule has 3 aromatic rings. The van der Waals surface area contributed by atoms with E-state index in [-0.39, 0.29) is 28.6 Å². The summed E-state index contributed by atoms with van der Waals surface area (Å²) in [7, 11) is -5.03. The number of hydrogen-bond donors (Lipinski definition) is 2. The van der Waals surface area contributed by atoms with Crippen LogP contribution in [-0.4, -0.2) is 85.1 Å². The van der Waals surface area contributed by atoms with E-state index in [4.69, 9.17) is 14.2 Å². The first kappa shape index (κ1) is 36.1. The maximum Gasteiger partial charge on any atom is 0.325 e. The number of nitrogens with one attached hydrogen (secondary N) is 2. The van der Waals surface area contributed by atoms with Crippen molar-refractivity contribution in [2.75, 3.05) is 34.4 Å². The van der Waals surface area contributed by atoms with Crippen LogP contribution in [0, 0.1) is 17.0 Å². The number of nitro groups is 1. The molecule has 0 aliphatic carbocycles. The molecule has 0 spiro atoms. The van der Waals surface area contributed by atoms with E-state index in [0.29, 0.717) is 11.3 Å². The topological polar surface area (TPSA) is 201 Å². The fourth-order valence-electron chi connectivity index (χ4n) is 4.29. The zero-order valence-electron chi connectivity index (χ0n) is 25.4. The smallest absolute Gasteiger partial charge is 0.325 e. The summed E-state index contributed by atoms with van der Waals surface area (Å²) in [6.07, 6.45) is 0. The second-order valence-electron chi connectivity index (χ2n) is 10.0. The predicted octanol–water partition coefficient (Wildman–Crippen LogP) is 1.75. The molecule has 0 aliphatic heterocycles. The van der Waals surface area contributed by atoms with Crippen LogP contribution in [-0.2, 0) is 45.7 Å². The van der Waals surface area contributed by atoms with Gasteiger partial charge in [-0.05, 0) is 48.9 Å². The average Bonchev–Trinajstić information content (AvgIpc) is 3.03. The van der Waals surface area contributed by atoms with E-state index < -0.39 is 55.5 Å². The van der Waals surface area contributed by atoms with Crippen molar-refractivity contribution < 1.29 is 45.6 Å². The number of sulfonamides is 2. The Hall–Kier alpha value is -4.42. The highest BCUT2D eigenvalue weighted by Crippen LogP contribution is 2.18. The van der Waals surface area contributed by atoms with Crippen LogP contribution in [0.15, 0.2) is 82.6 Å². The Bertz CT molecular complexity index is 1730. The lowest BCUT2D eigenvalue weighted by atomic mass is 10.1. The van der Waals surface area contributed by atoms with Crippen LogP contribution in [0.5, 0.6) is 5.75 Å². The van der Waals surface area contributed by atoms with E-state index >= 15 is 0 Å². The fraction of sp³-hybridized carbons (Fsp3) is 0.310. The van der Waals surface area contributed by atoms with Crippen LogP contribution in [0.25, 0.3) is 0 Å². The molecule has 3 aromatic carbocycles. The first-order valence-electron chi connectivity index (χ1n) is 13.6. The van der Waals surface area contributed by atoms with Crippen LogP contribution in [0.1, 0.15) is 11.1 Å². The number of carbonyl (C=O) groups excluding carboxylic acids is 2. The zero-order valence-corrected chi connectivity index (χ0v) is 27.0. The molecular weight excluding hydrogens is 644 g/mol. The predicted molar refractivity (Wildman–Crippen MR) is 165 cm³/mol. The van der Waals surface area contributed by atoms with Gasteiger partial charge in [-0.25, -0.2) is 16.8 Å². The van der Waals surface area contributed by atoms with Gasteiger partial charge in [-0.3, -0.25) is 24.6 Å². The maximum absolute atomic E-state index is 13.2. The van der Waals surface area contributed by atoms with Crippen LogP contribution in [0.2, 0.25) is 0 Å². The number of hydrogen-bond acceptors (Lipinski definition) is 12. The molecule has 17 heteroatoms. The van der Waals surface area contributed by atoms with Crippen molar-refractivity contribution >= 4 is 37.7 Å². The molecule has 0 aromatic heterocycles. The molecule has 2 atom stereocenters. The number of carbonyl (C=O) groups is 2. The van der Waals surface area contributed by atoms with Crippen LogP contribution in [0.3, 0.4) is 0 Å². The monoisotopic (exact) mass is 678 g/mol. The van der Waals surface area contributed by atoms with Gasteiger partial charge < -0.3 is 14.2 Å². The van der Waals surface area contributed by atoms with Crippen molar-refractivity contribution in [1.29, 1.82) is 0 Å². The molecule has 0 bridgehead atoms. The molecule has 2 N–H and O–H groups in total. The highest BCUT2D eigenvalue weighted by atomic mass is 32.2. The number of rotatable bonds is 16. The molecule has 0 radical (unpaired) electrons. The Balaban J connectivity index is 1.97. The SMILES string of the molecule is COC(=O)[C@H](CN(Cc1ccc(OC)cc1)C[C@H](NS(=O)(=O)c1ccc([N+](=O)[O-])cc1)C(=O)OC)NS(=O)(=O)c1ccc(C)cc1. The Kier molecular flexibility index (Phi) is 12.3. The minimum absolute atomic E-state index is 0.0104. The summed E-state index contributed by atoms with van der Waals surface area (Å²) in [6.45, 7) is 1.03. The average molecular weight is 679 g/mol. The number of aryl methyl sites for hydroxylation is 1. The molecule has 0 unspecified atom stereocenters. The highest BCUT2D eigenvalue weighted by molar-refractivity contribution is 7.89. The van der Waals surface area contributed by atoms with E-state index in [9.17, 15) is 36.5 Å². The van der Waals surface area contributed by atoms with Crippen LogP contribution in [0.4, 0.5) is 5.69 Å². The number of benzene rings is 3. The van der Waals surface area contributed by atoms with Gasteiger partial charge in [0.15, 0.2) is 0 Å². The maximum atomic E-state index is 13.2. The Morgan fingerprint density at radius 2 is 1.20 bits per heavy atom. The molecule has 0 fully saturated rings. The summed E-state index contributed by atoms with van der Waals surface area (Å²) in [5.74, 6) is -1.37. The van der Waals surface area contributed by atoms with E-state index in [2.05, 4.69) is 9.44 Å². The van der Waals surface area contributed by atoms with Gasteiger partial charge in [0.1, 0.15) is 17.8 Å². The Labute approximate surface area is 266 Å². The van der Waals surface area contributed by atoms with Gasteiger partial charge in [-0.1, -0.05) is 29.8 Å². The molecule has 15 nitrogen and oxygen atoms in total. The van der Waals surface area contributed by atoms with Gasteiger partial charge in [0.05, 0.1) is 36.0 Å². The van der Waals surface area contributed by atoms with Crippen molar-refractivity contribution in [3.8, 4) is 5.75 Å². The summed E-state index contributed by atoms with van der Waals surface area (Å²) >= 11 is 0. The van der Waals surface area contributed by atoms with Gasteiger partial charge in [-0.2, -0.15) is 9.44 Å². The third-order valence-corrected chi connectivity index (χ3v) is 9.68.